The van der Waals surface area contributed by atoms with Crippen molar-refractivity contribution in [1.82, 2.24) is 4.98 Å². The van der Waals surface area contributed by atoms with Gasteiger partial charge in [0.1, 0.15) is 6.61 Å². The third kappa shape index (κ3) is 2.85. The Morgan fingerprint density at radius 2 is 1.87 bits per heavy atom. The fourth-order valence-electron chi connectivity index (χ4n) is 2.54. The number of carboxylic acid groups (broad SMARTS) is 1. The van der Waals surface area contributed by atoms with Crippen molar-refractivity contribution >= 4 is 16.9 Å². The molecule has 0 bridgehead atoms. The highest BCUT2D eigenvalue weighted by atomic mass is 19.1. The summed E-state index contributed by atoms with van der Waals surface area (Å²) in [7, 11) is 0. The number of nitrogens with zero attached hydrogens (tertiary/aromatic N) is 1. The summed E-state index contributed by atoms with van der Waals surface area (Å²) >= 11 is 0. The molecule has 0 radical (unpaired) electrons. The molecule has 0 atom stereocenters. The molecule has 2 aromatic carbocycles. The molecule has 0 fully saturated rings. The van der Waals surface area contributed by atoms with E-state index in [0.717, 1.165) is 5.39 Å². The average molecular weight is 311 g/mol. The Balaban J connectivity index is 2.04. The number of halogens is 1. The maximum atomic E-state index is 13.6. The third-order valence-corrected chi connectivity index (χ3v) is 3.64. The van der Waals surface area contributed by atoms with Crippen molar-refractivity contribution in [3.05, 3.63) is 71.2 Å². The summed E-state index contributed by atoms with van der Waals surface area (Å²) in [6.45, 7) is 1.62. The van der Waals surface area contributed by atoms with Gasteiger partial charge in [-0.1, -0.05) is 30.3 Å². The molecule has 0 aliphatic heterocycles. The zero-order valence-electron chi connectivity index (χ0n) is 12.4. The van der Waals surface area contributed by atoms with Gasteiger partial charge in [-0.05, 0) is 30.7 Å². The molecule has 23 heavy (non-hydrogen) atoms. The van der Waals surface area contributed by atoms with Gasteiger partial charge in [-0.15, -0.1) is 0 Å². The number of pyridine rings is 1. The molecule has 5 heteroatoms. The van der Waals surface area contributed by atoms with E-state index in [1.54, 1.807) is 25.1 Å². The molecule has 0 saturated heterocycles. The minimum atomic E-state index is -1.08. The molecular weight excluding hydrogens is 297 g/mol. The van der Waals surface area contributed by atoms with E-state index in [9.17, 15) is 14.3 Å². The summed E-state index contributed by atoms with van der Waals surface area (Å²) in [6, 6.07) is 13.3. The van der Waals surface area contributed by atoms with Crippen LogP contribution in [0.3, 0.4) is 0 Å². The van der Waals surface area contributed by atoms with Crippen LogP contribution < -0.4 is 4.74 Å². The maximum absolute atomic E-state index is 13.6. The molecule has 0 spiro atoms. The molecule has 1 heterocycles. The van der Waals surface area contributed by atoms with Crippen LogP contribution in [0, 0.1) is 12.7 Å². The van der Waals surface area contributed by atoms with Gasteiger partial charge in [-0.25, -0.2) is 14.2 Å². The number of ether oxygens (including phenoxy) is 1. The van der Waals surface area contributed by atoms with Gasteiger partial charge in [0.2, 0.25) is 0 Å². The van der Waals surface area contributed by atoms with Gasteiger partial charge < -0.3 is 9.84 Å². The Kier molecular flexibility index (Phi) is 3.93. The minimum absolute atomic E-state index is 0.0662. The summed E-state index contributed by atoms with van der Waals surface area (Å²) in [4.78, 5) is 16.0. The number of carbonyl (C=O) groups is 1. The van der Waals surface area contributed by atoms with Crippen LogP contribution in [0.5, 0.6) is 5.75 Å². The molecular formula is C18H14FNO3. The molecule has 0 aliphatic rings. The zero-order valence-corrected chi connectivity index (χ0v) is 12.4. The van der Waals surface area contributed by atoms with Crippen LogP contribution in [0.15, 0.2) is 48.5 Å². The summed E-state index contributed by atoms with van der Waals surface area (Å²) < 4.78 is 19.0. The van der Waals surface area contributed by atoms with E-state index >= 15 is 0 Å². The summed E-state index contributed by atoms with van der Waals surface area (Å²) in [5, 5.41) is 10.3. The normalized spacial score (nSPS) is 10.7. The van der Waals surface area contributed by atoms with Gasteiger partial charge in [0, 0.05) is 5.39 Å². The van der Waals surface area contributed by atoms with Crippen LogP contribution in [-0.2, 0) is 6.61 Å². The molecule has 4 nitrogen and oxygen atoms in total. The number of aryl methyl sites for hydroxylation is 1. The van der Waals surface area contributed by atoms with Crippen molar-refractivity contribution < 1.29 is 19.0 Å². The van der Waals surface area contributed by atoms with Gasteiger partial charge in [0.05, 0.1) is 16.8 Å². The van der Waals surface area contributed by atoms with E-state index in [4.69, 9.17) is 4.74 Å². The van der Waals surface area contributed by atoms with Gasteiger partial charge >= 0.3 is 5.97 Å². The fraction of sp³-hybridized carbons (Fsp3) is 0.111. The summed E-state index contributed by atoms with van der Waals surface area (Å²) in [6.07, 6.45) is 0. The molecule has 116 valence electrons. The third-order valence-electron chi connectivity index (χ3n) is 3.64. The predicted octanol–water partition coefficient (Wildman–Crippen LogP) is 3.96. The Hall–Kier alpha value is -2.95. The number of carboxylic acids is 1. The largest absolute Gasteiger partial charge is 0.484 e. The maximum Gasteiger partial charge on any atom is 0.337 e. The summed E-state index contributed by atoms with van der Waals surface area (Å²) in [5.74, 6) is -1.51. The molecule has 0 amide bonds. The van der Waals surface area contributed by atoms with Crippen LogP contribution in [0.25, 0.3) is 10.9 Å². The van der Waals surface area contributed by atoms with Gasteiger partial charge in [0.25, 0.3) is 0 Å². The van der Waals surface area contributed by atoms with E-state index in [1.165, 1.54) is 12.1 Å². The Labute approximate surface area is 132 Å². The lowest BCUT2D eigenvalue weighted by Gasteiger charge is -2.13. The van der Waals surface area contributed by atoms with Crippen molar-refractivity contribution in [1.29, 1.82) is 0 Å². The van der Waals surface area contributed by atoms with E-state index in [1.807, 2.05) is 18.2 Å². The lowest BCUT2D eigenvalue weighted by molar-refractivity contribution is 0.0692. The van der Waals surface area contributed by atoms with Crippen LogP contribution in [0.1, 0.15) is 21.6 Å². The first-order chi connectivity index (χ1) is 11.1. The number of benzene rings is 2. The Morgan fingerprint density at radius 3 is 2.61 bits per heavy atom. The number of hydrogen-bond acceptors (Lipinski definition) is 3. The summed E-state index contributed by atoms with van der Waals surface area (Å²) in [5.41, 5.74) is 1.68. The Bertz CT molecular complexity index is 893. The topological polar surface area (TPSA) is 59.4 Å². The highest BCUT2D eigenvalue weighted by Crippen LogP contribution is 2.24. The van der Waals surface area contributed by atoms with E-state index in [0.29, 0.717) is 11.1 Å². The van der Waals surface area contributed by atoms with Gasteiger partial charge in [-0.3, -0.25) is 0 Å². The molecule has 3 aromatic rings. The number of aromatic nitrogens is 1. The van der Waals surface area contributed by atoms with Crippen LogP contribution in [0.4, 0.5) is 4.39 Å². The fourth-order valence-corrected chi connectivity index (χ4v) is 2.54. The second-order valence-corrected chi connectivity index (χ2v) is 5.10. The monoisotopic (exact) mass is 311 g/mol. The Morgan fingerprint density at radius 1 is 1.17 bits per heavy atom. The molecule has 0 aliphatic carbocycles. The number of rotatable bonds is 4. The van der Waals surface area contributed by atoms with Crippen molar-refractivity contribution in [2.24, 2.45) is 0 Å². The second-order valence-electron chi connectivity index (χ2n) is 5.10. The number of aromatic carboxylic acids is 1. The molecule has 1 N–H and O–H groups in total. The first kappa shape index (κ1) is 15.0. The average Bonchev–Trinajstić information content (AvgIpc) is 2.54. The van der Waals surface area contributed by atoms with E-state index < -0.39 is 11.8 Å². The van der Waals surface area contributed by atoms with Crippen molar-refractivity contribution in [3.8, 4) is 5.75 Å². The smallest absolute Gasteiger partial charge is 0.337 e. The second kappa shape index (κ2) is 6.04. The lowest BCUT2D eigenvalue weighted by Crippen LogP contribution is -2.11. The zero-order chi connectivity index (χ0) is 16.4. The quantitative estimate of drug-likeness (QED) is 0.792. The van der Waals surface area contributed by atoms with Crippen LogP contribution >= 0.6 is 0 Å². The molecule has 0 unspecified atom stereocenters. The van der Waals surface area contributed by atoms with Gasteiger partial charge in [0.15, 0.2) is 11.6 Å². The van der Waals surface area contributed by atoms with E-state index in [2.05, 4.69) is 4.98 Å². The van der Waals surface area contributed by atoms with Gasteiger partial charge in [-0.2, -0.15) is 0 Å². The highest BCUT2D eigenvalue weighted by Gasteiger charge is 2.18. The van der Waals surface area contributed by atoms with Crippen molar-refractivity contribution in [2.75, 3.05) is 0 Å². The molecule has 1 aromatic heterocycles. The molecule has 0 saturated carbocycles. The predicted molar refractivity (Wildman–Crippen MR) is 84.2 cm³/mol. The van der Waals surface area contributed by atoms with Crippen LogP contribution in [-0.4, -0.2) is 16.1 Å². The van der Waals surface area contributed by atoms with Crippen molar-refractivity contribution in [2.45, 2.75) is 13.5 Å². The minimum Gasteiger partial charge on any atom is -0.484 e. The number of para-hydroxylation sites is 2. The first-order valence-corrected chi connectivity index (χ1v) is 7.06. The van der Waals surface area contributed by atoms with Crippen LogP contribution in [0.2, 0.25) is 0 Å². The molecule has 3 rings (SSSR count). The first-order valence-electron chi connectivity index (χ1n) is 7.06. The van der Waals surface area contributed by atoms with Crippen molar-refractivity contribution in [3.63, 3.8) is 0 Å². The standard InChI is InChI=1S/C18H14FNO3/c1-11-12-6-2-4-8-14(12)20-15(17(11)18(21)22)10-23-16-9-5-3-7-13(16)19/h2-9H,10H2,1H3,(H,21,22). The number of fused-ring (bicyclic) bond motifs is 1. The number of hydrogen-bond donors (Lipinski definition) is 1. The lowest BCUT2D eigenvalue weighted by atomic mass is 10.0. The van der Waals surface area contributed by atoms with E-state index in [-0.39, 0.29) is 23.6 Å². The highest BCUT2D eigenvalue weighted by molar-refractivity contribution is 5.97. The SMILES string of the molecule is Cc1c(C(=O)O)c(COc2ccccc2F)nc2ccccc12.